The van der Waals surface area contributed by atoms with Gasteiger partial charge in [0.1, 0.15) is 0 Å². The first-order valence-corrected chi connectivity index (χ1v) is 9.97. The van der Waals surface area contributed by atoms with E-state index in [1.807, 2.05) is 36.4 Å². The minimum absolute atomic E-state index is 0.0383. The van der Waals surface area contributed by atoms with Gasteiger partial charge < -0.3 is 5.32 Å². The number of halogens is 1. The summed E-state index contributed by atoms with van der Waals surface area (Å²) in [5.41, 5.74) is 6.12. The van der Waals surface area contributed by atoms with Crippen LogP contribution in [0.2, 0.25) is 5.02 Å². The van der Waals surface area contributed by atoms with Crippen molar-refractivity contribution < 1.29 is 4.79 Å². The van der Waals surface area contributed by atoms with Crippen LogP contribution in [0, 0.1) is 5.41 Å². The van der Waals surface area contributed by atoms with Crippen molar-refractivity contribution in [2.24, 2.45) is 5.41 Å². The van der Waals surface area contributed by atoms with Gasteiger partial charge in [0.05, 0.1) is 5.52 Å². The summed E-state index contributed by atoms with van der Waals surface area (Å²) in [5, 5.41) is 5.37. The van der Waals surface area contributed by atoms with E-state index >= 15 is 0 Å². The average Bonchev–Trinajstić information content (AvgIpc) is 2.66. The fourth-order valence-electron chi connectivity index (χ4n) is 4.67. The third kappa shape index (κ3) is 2.73. The van der Waals surface area contributed by atoms with Gasteiger partial charge in [0.2, 0.25) is 0 Å². The largest absolute Gasteiger partial charge is 0.358 e. The lowest BCUT2D eigenvalue weighted by Gasteiger charge is -2.40. The van der Waals surface area contributed by atoms with Gasteiger partial charge in [-0.3, -0.25) is 9.78 Å². The maximum absolute atomic E-state index is 13.3. The first kappa shape index (κ1) is 17.4. The van der Waals surface area contributed by atoms with Crippen molar-refractivity contribution >= 4 is 34.0 Å². The lowest BCUT2D eigenvalue weighted by molar-refractivity contribution is -0.118. The fourth-order valence-corrected chi connectivity index (χ4v) is 4.80. The highest BCUT2D eigenvalue weighted by Gasteiger charge is 2.41. The molecule has 0 saturated heterocycles. The SMILES string of the molecule is CC1(C)CC(=O)C2=C(C1)Nc1ccc3ncccc3c1C2c1ccc(Cl)cc1. The number of hydrogen-bond donors (Lipinski definition) is 1. The molecule has 1 aromatic heterocycles. The van der Waals surface area contributed by atoms with Crippen molar-refractivity contribution in [1.82, 2.24) is 4.98 Å². The van der Waals surface area contributed by atoms with Gasteiger partial charge in [-0.1, -0.05) is 43.6 Å². The van der Waals surface area contributed by atoms with Crippen molar-refractivity contribution in [2.75, 3.05) is 5.32 Å². The minimum atomic E-state index is -0.111. The summed E-state index contributed by atoms with van der Waals surface area (Å²) in [6, 6.07) is 16.1. The maximum atomic E-state index is 13.3. The Morgan fingerprint density at radius 2 is 1.86 bits per heavy atom. The Hall–Kier alpha value is -2.65. The van der Waals surface area contributed by atoms with E-state index < -0.39 is 0 Å². The van der Waals surface area contributed by atoms with E-state index in [4.69, 9.17) is 11.6 Å². The Morgan fingerprint density at radius 1 is 1.07 bits per heavy atom. The van der Waals surface area contributed by atoms with Crippen molar-refractivity contribution in [3.63, 3.8) is 0 Å². The molecule has 4 heteroatoms. The number of pyridine rings is 1. The number of allylic oxidation sites excluding steroid dienone is 2. The zero-order valence-corrected chi connectivity index (χ0v) is 16.7. The van der Waals surface area contributed by atoms with Crippen LogP contribution in [0.15, 0.2) is 66.0 Å². The number of nitrogens with one attached hydrogen (secondary N) is 1. The summed E-state index contributed by atoms with van der Waals surface area (Å²) >= 11 is 6.15. The van der Waals surface area contributed by atoms with Crippen LogP contribution in [-0.2, 0) is 4.79 Å². The van der Waals surface area contributed by atoms with Crippen LogP contribution in [0.1, 0.15) is 43.7 Å². The van der Waals surface area contributed by atoms with Crippen LogP contribution in [0.3, 0.4) is 0 Å². The van der Waals surface area contributed by atoms with Crippen LogP contribution in [-0.4, -0.2) is 10.8 Å². The summed E-state index contributed by atoms with van der Waals surface area (Å²) in [7, 11) is 0. The molecular formula is C24H21ClN2O. The number of benzene rings is 2. The lowest BCUT2D eigenvalue weighted by atomic mass is 9.68. The fraction of sp³-hybridized carbons (Fsp3) is 0.250. The van der Waals surface area contributed by atoms with Crippen molar-refractivity contribution in [3.8, 4) is 0 Å². The molecule has 1 aliphatic carbocycles. The smallest absolute Gasteiger partial charge is 0.162 e. The molecule has 5 rings (SSSR count). The molecule has 2 aliphatic rings. The van der Waals surface area contributed by atoms with Crippen LogP contribution >= 0.6 is 11.6 Å². The second kappa shape index (κ2) is 6.18. The number of Topliss-reactive ketones (excluding diaryl/α,β-unsaturated/α-hetero) is 1. The van der Waals surface area contributed by atoms with Gasteiger partial charge in [-0.2, -0.15) is 0 Å². The summed E-state index contributed by atoms with van der Waals surface area (Å²) < 4.78 is 0. The number of carbonyl (C=O) groups is 1. The van der Waals surface area contributed by atoms with Gasteiger partial charge in [0, 0.05) is 45.9 Å². The first-order valence-electron chi connectivity index (χ1n) is 9.59. The van der Waals surface area contributed by atoms with Gasteiger partial charge >= 0.3 is 0 Å². The second-order valence-electron chi connectivity index (χ2n) is 8.54. The summed E-state index contributed by atoms with van der Waals surface area (Å²) in [6.45, 7) is 4.32. The Kier molecular flexibility index (Phi) is 3.85. The Morgan fingerprint density at radius 3 is 2.64 bits per heavy atom. The standard InChI is InChI=1S/C24H21ClN2O/c1-24(2)12-19-23(20(28)13-24)21(14-5-7-15(25)8-6-14)22-16-4-3-11-26-17(16)9-10-18(22)27-19/h3-11,21,27H,12-13H2,1-2H3. The minimum Gasteiger partial charge on any atom is -0.358 e. The van der Waals surface area contributed by atoms with Gasteiger partial charge in [0.25, 0.3) is 0 Å². The van der Waals surface area contributed by atoms with E-state index in [2.05, 4.69) is 36.3 Å². The molecule has 1 unspecified atom stereocenters. The molecule has 1 atom stereocenters. The topological polar surface area (TPSA) is 42.0 Å². The summed E-state index contributed by atoms with van der Waals surface area (Å²) in [6.07, 6.45) is 3.24. The lowest BCUT2D eigenvalue weighted by Crippen LogP contribution is -2.33. The van der Waals surface area contributed by atoms with Gasteiger partial charge in [0.15, 0.2) is 5.78 Å². The van der Waals surface area contributed by atoms with Crippen LogP contribution < -0.4 is 5.32 Å². The summed E-state index contributed by atoms with van der Waals surface area (Å²) in [4.78, 5) is 17.8. The summed E-state index contributed by atoms with van der Waals surface area (Å²) in [5.74, 6) is 0.116. The molecule has 0 amide bonds. The monoisotopic (exact) mass is 388 g/mol. The highest BCUT2D eigenvalue weighted by Crippen LogP contribution is 2.50. The van der Waals surface area contributed by atoms with Crippen molar-refractivity contribution in [3.05, 3.63) is 82.1 Å². The quantitative estimate of drug-likeness (QED) is 0.548. The number of nitrogens with zero attached hydrogens (tertiary/aromatic N) is 1. The third-order valence-electron chi connectivity index (χ3n) is 5.81. The molecule has 0 bridgehead atoms. The van der Waals surface area contributed by atoms with Gasteiger partial charge in [-0.05, 0) is 53.3 Å². The van der Waals surface area contributed by atoms with E-state index in [1.54, 1.807) is 6.20 Å². The number of carbonyl (C=O) groups excluding carboxylic acids is 1. The van der Waals surface area contributed by atoms with E-state index in [0.29, 0.717) is 11.4 Å². The molecule has 0 fully saturated rings. The number of anilines is 1. The zero-order chi connectivity index (χ0) is 19.5. The second-order valence-corrected chi connectivity index (χ2v) is 8.98. The van der Waals surface area contributed by atoms with Crippen LogP contribution in [0.4, 0.5) is 5.69 Å². The molecule has 3 nitrogen and oxygen atoms in total. The first-order chi connectivity index (χ1) is 13.4. The van der Waals surface area contributed by atoms with Crippen molar-refractivity contribution in [1.29, 1.82) is 0 Å². The van der Waals surface area contributed by atoms with Crippen molar-refractivity contribution in [2.45, 2.75) is 32.6 Å². The van der Waals surface area contributed by atoms with Gasteiger partial charge in [-0.15, -0.1) is 0 Å². The Balaban J connectivity index is 1.81. The molecule has 0 saturated carbocycles. The van der Waals surface area contributed by atoms with E-state index in [0.717, 1.165) is 45.4 Å². The zero-order valence-electron chi connectivity index (χ0n) is 15.9. The highest BCUT2D eigenvalue weighted by atomic mass is 35.5. The number of hydrogen-bond acceptors (Lipinski definition) is 3. The molecule has 2 aromatic carbocycles. The number of ketones is 1. The molecule has 1 aliphatic heterocycles. The van der Waals surface area contributed by atoms with Crippen LogP contribution in [0.25, 0.3) is 10.9 Å². The van der Waals surface area contributed by atoms with Gasteiger partial charge in [-0.25, -0.2) is 0 Å². The number of aromatic nitrogens is 1. The Labute approximate surface area is 169 Å². The third-order valence-corrected chi connectivity index (χ3v) is 6.06. The normalized spacial score (nSPS) is 20.5. The van der Waals surface area contributed by atoms with E-state index in [-0.39, 0.29) is 17.1 Å². The predicted octanol–water partition coefficient (Wildman–Crippen LogP) is 6.09. The predicted molar refractivity (Wildman–Crippen MR) is 114 cm³/mol. The molecule has 140 valence electrons. The highest BCUT2D eigenvalue weighted by molar-refractivity contribution is 6.30. The molecule has 2 heterocycles. The molecule has 0 radical (unpaired) electrons. The number of fused-ring (bicyclic) bond motifs is 3. The molecule has 0 spiro atoms. The number of rotatable bonds is 1. The molecular weight excluding hydrogens is 368 g/mol. The van der Waals surface area contributed by atoms with Crippen LogP contribution in [0.5, 0.6) is 0 Å². The van der Waals surface area contributed by atoms with E-state index in [1.165, 1.54) is 0 Å². The maximum Gasteiger partial charge on any atom is 0.162 e. The molecule has 1 N–H and O–H groups in total. The Bertz CT molecular complexity index is 1140. The average molecular weight is 389 g/mol. The molecule has 28 heavy (non-hydrogen) atoms. The molecule has 3 aromatic rings. The van der Waals surface area contributed by atoms with E-state index in [9.17, 15) is 4.79 Å².